The van der Waals surface area contributed by atoms with Crippen molar-refractivity contribution in [3.05, 3.63) is 77.7 Å². The molecule has 3 heteroatoms. The van der Waals surface area contributed by atoms with Crippen molar-refractivity contribution >= 4 is 6.29 Å². The Morgan fingerprint density at radius 1 is 1.00 bits per heavy atom. The molecule has 1 aromatic heterocycles. The highest BCUT2D eigenvalue weighted by Gasteiger charge is 2.20. The second-order valence-electron chi connectivity index (χ2n) is 6.23. The lowest BCUT2D eigenvalue weighted by atomic mass is 10.0. The Morgan fingerprint density at radius 3 is 2.21 bits per heavy atom. The smallest absolute Gasteiger partial charge is 0.185 e. The monoisotopic (exact) mass is 318 g/mol. The summed E-state index contributed by atoms with van der Waals surface area (Å²) in [6, 6.07) is 20.4. The molecule has 0 spiro atoms. The number of aryl methyl sites for hydroxylation is 1. The number of aldehydes is 1. The van der Waals surface area contributed by atoms with E-state index in [1.807, 2.05) is 48.5 Å². The topological polar surface area (TPSA) is 34.9 Å². The van der Waals surface area contributed by atoms with Gasteiger partial charge in [0, 0.05) is 17.8 Å². The van der Waals surface area contributed by atoms with Crippen molar-refractivity contribution in [3.63, 3.8) is 0 Å². The van der Waals surface area contributed by atoms with Crippen LogP contribution in [0.25, 0.3) is 11.3 Å². The van der Waals surface area contributed by atoms with Crippen LogP contribution >= 0.6 is 0 Å². The van der Waals surface area contributed by atoms with Gasteiger partial charge in [-0.3, -0.25) is 4.79 Å². The highest BCUT2D eigenvalue weighted by Crippen LogP contribution is 2.29. The zero-order valence-corrected chi connectivity index (χ0v) is 14.1. The van der Waals surface area contributed by atoms with E-state index < -0.39 is 0 Å². The Hall–Kier alpha value is -2.68. The molecule has 3 aromatic rings. The molecule has 1 heterocycles. The quantitative estimate of drug-likeness (QED) is 0.616. The standard InChI is InChI=1S/C21H22N2O/c1-16(2)21-20(18-11-7-4-8-12-18)22-19(15-24)23(21)14-13-17-9-5-3-6-10-17/h3-12,15-16H,13-14H2,1-2H3. The fourth-order valence-corrected chi connectivity index (χ4v) is 3.09. The molecule has 0 N–H and O–H groups in total. The van der Waals surface area contributed by atoms with Gasteiger partial charge in [0.15, 0.2) is 12.1 Å². The van der Waals surface area contributed by atoms with Crippen LogP contribution in [0.3, 0.4) is 0 Å². The second kappa shape index (κ2) is 7.26. The number of nitrogens with zero attached hydrogens (tertiary/aromatic N) is 2. The third kappa shape index (κ3) is 3.30. The van der Waals surface area contributed by atoms with E-state index in [1.165, 1.54) is 5.56 Å². The maximum Gasteiger partial charge on any atom is 0.185 e. The molecule has 122 valence electrons. The Kier molecular flexibility index (Phi) is 4.90. The van der Waals surface area contributed by atoms with Gasteiger partial charge < -0.3 is 4.57 Å². The summed E-state index contributed by atoms with van der Waals surface area (Å²) in [6.45, 7) is 5.06. The number of carbonyl (C=O) groups is 1. The van der Waals surface area contributed by atoms with Crippen molar-refractivity contribution in [2.75, 3.05) is 0 Å². The minimum atomic E-state index is 0.289. The summed E-state index contributed by atoms with van der Waals surface area (Å²) in [5.41, 5.74) is 4.36. The van der Waals surface area contributed by atoms with Crippen LogP contribution in [0.2, 0.25) is 0 Å². The van der Waals surface area contributed by atoms with E-state index in [-0.39, 0.29) is 5.92 Å². The minimum Gasteiger partial charge on any atom is -0.325 e. The molecular formula is C21H22N2O. The van der Waals surface area contributed by atoms with Crippen LogP contribution in [0.15, 0.2) is 60.7 Å². The lowest BCUT2D eigenvalue weighted by Gasteiger charge is -2.14. The van der Waals surface area contributed by atoms with Crippen molar-refractivity contribution in [1.29, 1.82) is 0 Å². The van der Waals surface area contributed by atoms with E-state index in [2.05, 4.69) is 35.5 Å². The van der Waals surface area contributed by atoms with Crippen molar-refractivity contribution in [1.82, 2.24) is 9.55 Å². The average molecular weight is 318 g/mol. The zero-order valence-electron chi connectivity index (χ0n) is 14.1. The van der Waals surface area contributed by atoms with Gasteiger partial charge in [-0.05, 0) is 17.9 Å². The maximum atomic E-state index is 11.6. The van der Waals surface area contributed by atoms with Crippen LogP contribution in [0.4, 0.5) is 0 Å². The molecule has 0 aliphatic heterocycles. The molecule has 0 atom stereocenters. The first-order chi connectivity index (χ1) is 11.7. The van der Waals surface area contributed by atoms with E-state index in [9.17, 15) is 4.79 Å². The molecule has 0 aliphatic carbocycles. The fraction of sp³-hybridized carbons (Fsp3) is 0.238. The summed E-state index contributed by atoms with van der Waals surface area (Å²) >= 11 is 0. The summed E-state index contributed by atoms with van der Waals surface area (Å²) in [5, 5.41) is 0. The largest absolute Gasteiger partial charge is 0.325 e. The molecule has 0 unspecified atom stereocenters. The number of carbonyl (C=O) groups excluding carboxylic acids is 1. The van der Waals surface area contributed by atoms with Gasteiger partial charge in [0.25, 0.3) is 0 Å². The number of hydrogen-bond donors (Lipinski definition) is 0. The third-order valence-corrected chi connectivity index (χ3v) is 4.20. The molecule has 0 amide bonds. The SMILES string of the molecule is CC(C)c1c(-c2ccccc2)nc(C=O)n1CCc1ccccc1. The van der Waals surface area contributed by atoms with Gasteiger partial charge in [-0.2, -0.15) is 0 Å². The second-order valence-corrected chi connectivity index (χ2v) is 6.23. The Balaban J connectivity index is 2.01. The maximum absolute atomic E-state index is 11.6. The van der Waals surface area contributed by atoms with Gasteiger partial charge in [-0.25, -0.2) is 4.98 Å². The Morgan fingerprint density at radius 2 is 1.62 bits per heavy atom. The molecular weight excluding hydrogens is 296 g/mol. The Labute approximate surface area is 143 Å². The predicted molar refractivity (Wildman–Crippen MR) is 97.3 cm³/mol. The lowest BCUT2D eigenvalue weighted by Crippen LogP contribution is -2.10. The zero-order chi connectivity index (χ0) is 16.9. The summed E-state index contributed by atoms with van der Waals surface area (Å²) in [7, 11) is 0. The molecule has 3 nitrogen and oxygen atoms in total. The third-order valence-electron chi connectivity index (χ3n) is 4.20. The Bertz CT molecular complexity index is 805. The van der Waals surface area contributed by atoms with Crippen molar-refractivity contribution in [2.45, 2.75) is 32.7 Å². The van der Waals surface area contributed by atoms with E-state index in [0.29, 0.717) is 5.82 Å². The van der Waals surface area contributed by atoms with Gasteiger partial charge in [-0.1, -0.05) is 74.5 Å². The van der Waals surface area contributed by atoms with Gasteiger partial charge in [0.05, 0.1) is 5.69 Å². The molecule has 0 saturated heterocycles. The number of hydrogen-bond acceptors (Lipinski definition) is 2. The van der Waals surface area contributed by atoms with E-state index >= 15 is 0 Å². The number of imidazole rings is 1. The number of benzene rings is 2. The van der Waals surface area contributed by atoms with Crippen LogP contribution in [-0.2, 0) is 13.0 Å². The molecule has 2 aromatic carbocycles. The summed E-state index contributed by atoms with van der Waals surface area (Å²) in [4.78, 5) is 16.2. The molecule has 0 radical (unpaired) electrons. The van der Waals surface area contributed by atoms with Crippen LogP contribution < -0.4 is 0 Å². The minimum absolute atomic E-state index is 0.289. The van der Waals surface area contributed by atoms with Crippen molar-refractivity contribution in [3.8, 4) is 11.3 Å². The van der Waals surface area contributed by atoms with Gasteiger partial charge in [0.2, 0.25) is 0 Å². The first-order valence-electron chi connectivity index (χ1n) is 8.35. The summed E-state index contributed by atoms with van der Waals surface area (Å²) in [5.74, 6) is 0.797. The van der Waals surface area contributed by atoms with Crippen LogP contribution in [0, 0.1) is 0 Å². The molecule has 3 rings (SSSR count). The molecule has 0 fully saturated rings. The fourth-order valence-electron chi connectivity index (χ4n) is 3.09. The van der Waals surface area contributed by atoms with Crippen molar-refractivity contribution in [2.24, 2.45) is 0 Å². The molecule has 0 aliphatic rings. The highest BCUT2D eigenvalue weighted by molar-refractivity contribution is 5.74. The predicted octanol–water partition coefficient (Wildman–Crippen LogP) is 4.73. The lowest BCUT2D eigenvalue weighted by molar-refractivity contribution is 0.111. The van der Waals surface area contributed by atoms with Gasteiger partial charge >= 0.3 is 0 Å². The van der Waals surface area contributed by atoms with Crippen molar-refractivity contribution < 1.29 is 4.79 Å². The van der Waals surface area contributed by atoms with Crippen LogP contribution in [0.1, 0.15) is 41.6 Å². The van der Waals surface area contributed by atoms with E-state index in [1.54, 1.807) is 0 Å². The van der Waals surface area contributed by atoms with E-state index in [4.69, 9.17) is 0 Å². The summed E-state index contributed by atoms with van der Waals surface area (Å²) in [6.07, 6.45) is 1.75. The van der Waals surface area contributed by atoms with Gasteiger partial charge in [-0.15, -0.1) is 0 Å². The van der Waals surface area contributed by atoms with Crippen LogP contribution in [0.5, 0.6) is 0 Å². The van der Waals surface area contributed by atoms with Gasteiger partial charge in [0.1, 0.15) is 0 Å². The van der Waals surface area contributed by atoms with Crippen LogP contribution in [-0.4, -0.2) is 15.8 Å². The molecule has 0 bridgehead atoms. The summed E-state index contributed by atoms with van der Waals surface area (Å²) < 4.78 is 2.08. The first-order valence-corrected chi connectivity index (χ1v) is 8.35. The number of aromatic nitrogens is 2. The van der Waals surface area contributed by atoms with E-state index in [0.717, 1.165) is 36.2 Å². The highest BCUT2D eigenvalue weighted by atomic mass is 16.1. The first kappa shape index (κ1) is 16.2. The molecule has 0 saturated carbocycles. The number of rotatable bonds is 6. The normalized spacial score (nSPS) is 11.0. The average Bonchev–Trinajstić information content (AvgIpc) is 3.00. The molecule has 24 heavy (non-hydrogen) atoms.